The highest BCUT2D eigenvalue weighted by Gasteiger charge is 2.34. The van der Waals surface area contributed by atoms with E-state index in [-0.39, 0.29) is 6.61 Å². The Hall–Kier alpha value is -1.47. The lowest BCUT2D eigenvalue weighted by molar-refractivity contribution is -0.000838. The Labute approximate surface area is 175 Å². The van der Waals surface area contributed by atoms with Gasteiger partial charge in [0.25, 0.3) is 0 Å². The van der Waals surface area contributed by atoms with Crippen molar-refractivity contribution < 1.29 is 5.11 Å². The molecule has 0 bridgehead atoms. The molecule has 2 aliphatic rings. The van der Waals surface area contributed by atoms with Crippen LogP contribution in [0.5, 0.6) is 0 Å². The predicted molar refractivity (Wildman–Crippen MR) is 118 cm³/mol. The summed E-state index contributed by atoms with van der Waals surface area (Å²) in [7, 11) is 2.12. The molecular formula is C23H37N5O. The number of likely N-dealkylation sites (tertiary alicyclic amines) is 1. The maximum atomic E-state index is 9.70. The van der Waals surface area contributed by atoms with E-state index in [9.17, 15) is 5.11 Å². The second-order valence-electron chi connectivity index (χ2n) is 9.08. The molecule has 6 nitrogen and oxygen atoms in total. The van der Waals surface area contributed by atoms with Crippen LogP contribution in [0.4, 0.5) is 0 Å². The maximum absolute atomic E-state index is 9.70. The SMILES string of the molecule is CC(C)N1CCC(N2CCN(Cc3nc4ccccc4n3C)C[C@H]2CCO)CC1. The van der Waals surface area contributed by atoms with E-state index in [1.807, 2.05) is 0 Å². The summed E-state index contributed by atoms with van der Waals surface area (Å²) in [4.78, 5) is 12.7. The number of aromatic nitrogens is 2. The topological polar surface area (TPSA) is 47.8 Å². The van der Waals surface area contributed by atoms with Crippen LogP contribution in [0.15, 0.2) is 24.3 Å². The monoisotopic (exact) mass is 399 g/mol. The van der Waals surface area contributed by atoms with Crippen molar-refractivity contribution >= 4 is 11.0 Å². The van der Waals surface area contributed by atoms with Gasteiger partial charge >= 0.3 is 0 Å². The van der Waals surface area contributed by atoms with Gasteiger partial charge in [-0.2, -0.15) is 0 Å². The van der Waals surface area contributed by atoms with Crippen LogP contribution in [0.25, 0.3) is 11.0 Å². The first-order valence-electron chi connectivity index (χ1n) is 11.3. The molecule has 2 aromatic rings. The number of benzene rings is 1. The van der Waals surface area contributed by atoms with E-state index in [4.69, 9.17) is 4.98 Å². The molecule has 0 amide bonds. The zero-order valence-corrected chi connectivity index (χ0v) is 18.3. The van der Waals surface area contributed by atoms with Gasteiger partial charge in [0.15, 0.2) is 0 Å². The summed E-state index contributed by atoms with van der Waals surface area (Å²) in [5, 5.41) is 9.70. The highest BCUT2D eigenvalue weighted by molar-refractivity contribution is 5.75. The summed E-state index contributed by atoms with van der Waals surface area (Å²) in [6, 6.07) is 10.1. The molecule has 1 aromatic heterocycles. The van der Waals surface area contributed by atoms with Crippen LogP contribution in [0.2, 0.25) is 0 Å². The van der Waals surface area contributed by atoms with E-state index >= 15 is 0 Å². The van der Waals surface area contributed by atoms with Crippen LogP contribution >= 0.6 is 0 Å². The van der Waals surface area contributed by atoms with E-state index in [1.54, 1.807) is 0 Å². The quantitative estimate of drug-likeness (QED) is 0.808. The van der Waals surface area contributed by atoms with Gasteiger partial charge in [-0.3, -0.25) is 9.80 Å². The molecule has 160 valence electrons. The number of imidazole rings is 1. The molecule has 1 atom stereocenters. The van der Waals surface area contributed by atoms with E-state index in [2.05, 4.69) is 64.4 Å². The molecule has 0 spiro atoms. The Kier molecular flexibility index (Phi) is 6.54. The lowest BCUT2D eigenvalue weighted by Crippen LogP contribution is -2.58. The van der Waals surface area contributed by atoms with Crippen LogP contribution in [-0.4, -0.2) is 86.8 Å². The first-order valence-corrected chi connectivity index (χ1v) is 11.3. The van der Waals surface area contributed by atoms with Gasteiger partial charge in [0.1, 0.15) is 5.82 Å². The number of piperazine rings is 1. The summed E-state index contributed by atoms with van der Waals surface area (Å²) in [5.41, 5.74) is 2.28. The Balaban J connectivity index is 1.40. The van der Waals surface area contributed by atoms with E-state index in [0.717, 1.165) is 43.9 Å². The van der Waals surface area contributed by atoms with Crippen molar-refractivity contribution in [3.05, 3.63) is 30.1 Å². The van der Waals surface area contributed by atoms with Gasteiger partial charge in [-0.15, -0.1) is 0 Å². The average Bonchev–Trinajstić information content (AvgIpc) is 3.04. The zero-order valence-electron chi connectivity index (χ0n) is 18.3. The molecule has 3 heterocycles. The minimum atomic E-state index is 0.270. The van der Waals surface area contributed by atoms with Gasteiger partial charge in [-0.05, 0) is 58.3 Å². The number of hydrogen-bond donors (Lipinski definition) is 1. The fourth-order valence-corrected chi connectivity index (χ4v) is 5.23. The van der Waals surface area contributed by atoms with Crippen molar-refractivity contribution in [3.63, 3.8) is 0 Å². The van der Waals surface area contributed by atoms with Crippen molar-refractivity contribution in [3.8, 4) is 0 Å². The molecule has 0 aliphatic carbocycles. The minimum Gasteiger partial charge on any atom is -0.396 e. The van der Waals surface area contributed by atoms with Crippen molar-refractivity contribution in [2.75, 3.05) is 39.3 Å². The number of hydrogen-bond acceptors (Lipinski definition) is 5. The summed E-state index contributed by atoms with van der Waals surface area (Å²) in [5.74, 6) is 1.13. The molecule has 6 heteroatoms. The minimum absolute atomic E-state index is 0.270. The highest BCUT2D eigenvalue weighted by atomic mass is 16.3. The summed E-state index contributed by atoms with van der Waals surface area (Å²) in [6.45, 7) is 11.4. The molecule has 4 rings (SSSR count). The molecule has 2 aliphatic heterocycles. The summed E-state index contributed by atoms with van der Waals surface area (Å²) in [6.07, 6.45) is 3.37. The number of aliphatic hydroxyl groups is 1. The Morgan fingerprint density at radius 1 is 1.10 bits per heavy atom. The van der Waals surface area contributed by atoms with Crippen LogP contribution in [0, 0.1) is 0 Å². The lowest BCUT2D eigenvalue weighted by atomic mass is 9.97. The lowest BCUT2D eigenvalue weighted by Gasteiger charge is -2.48. The van der Waals surface area contributed by atoms with Crippen LogP contribution < -0.4 is 0 Å². The van der Waals surface area contributed by atoms with Crippen LogP contribution in [-0.2, 0) is 13.6 Å². The number of rotatable bonds is 6. The highest BCUT2D eigenvalue weighted by Crippen LogP contribution is 2.25. The van der Waals surface area contributed by atoms with Crippen molar-refractivity contribution in [1.29, 1.82) is 0 Å². The Morgan fingerprint density at radius 3 is 2.55 bits per heavy atom. The number of para-hydroxylation sites is 2. The van der Waals surface area contributed by atoms with Crippen LogP contribution in [0.1, 0.15) is 38.9 Å². The second-order valence-corrected chi connectivity index (χ2v) is 9.08. The third kappa shape index (κ3) is 4.50. The van der Waals surface area contributed by atoms with Crippen molar-refractivity contribution in [1.82, 2.24) is 24.3 Å². The fourth-order valence-electron chi connectivity index (χ4n) is 5.23. The summed E-state index contributed by atoms with van der Waals surface area (Å²) >= 11 is 0. The number of fused-ring (bicyclic) bond motifs is 1. The average molecular weight is 400 g/mol. The van der Waals surface area contributed by atoms with E-state index < -0.39 is 0 Å². The predicted octanol–water partition coefficient (Wildman–Crippen LogP) is 2.31. The van der Waals surface area contributed by atoms with Gasteiger partial charge in [-0.1, -0.05) is 12.1 Å². The smallest absolute Gasteiger partial charge is 0.123 e. The maximum Gasteiger partial charge on any atom is 0.123 e. The van der Waals surface area contributed by atoms with Crippen molar-refractivity contribution in [2.45, 2.75) is 57.8 Å². The van der Waals surface area contributed by atoms with Gasteiger partial charge in [0, 0.05) is 51.4 Å². The van der Waals surface area contributed by atoms with Gasteiger partial charge in [-0.25, -0.2) is 4.98 Å². The molecule has 1 N–H and O–H groups in total. The van der Waals surface area contributed by atoms with E-state index in [0.29, 0.717) is 18.1 Å². The first-order chi connectivity index (χ1) is 14.1. The Bertz CT molecular complexity index is 796. The third-order valence-corrected chi connectivity index (χ3v) is 7.02. The van der Waals surface area contributed by atoms with Crippen LogP contribution in [0.3, 0.4) is 0 Å². The third-order valence-electron chi connectivity index (χ3n) is 7.02. The fraction of sp³-hybridized carbons (Fsp3) is 0.696. The largest absolute Gasteiger partial charge is 0.396 e. The molecular weight excluding hydrogens is 362 g/mol. The number of piperidine rings is 1. The molecule has 0 radical (unpaired) electrons. The second kappa shape index (κ2) is 9.13. The number of nitrogens with zero attached hydrogens (tertiary/aromatic N) is 5. The molecule has 2 fully saturated rings. The van der Waals surface area contributed by atoms with Crippen molar-refractivity contribution in [2.24, 2.45) is 7.05 Å². The molecule has 1 aromatic carbocycles. The first kappa shape index (κ1) is 20.8. The van der Waals surface area contributed by atoms with Gasteiger partial charge < -0.3 is 14.6 Å². The standard InChI is InChI=1S/C23H37N5O/c1-18(2)27-11-8-19(9-12-27)28-14-13-26(16-20(28)10-15-29)17-23-24-21-6-4-5-7-22(21)25(23)3/h4-7,18-20,29H,8-17H2,1-3H3/t20-/m1/s1. The Morgan fingerprint density at radius 2 is 1.86 bits per heavy atom. The molecule has 2 saturated heterocycles. The number of aryl methyl sites for hydroxylation is 1. The normalized spacial score (nSPS) is 23.4. The molecule has 29 heavy (non-hydrogen) atoms. The van der Waals surface area contributed by atoms with Gasteiger partial charge in [0.05, 0.1) is 17.6 Å². The summed E-state index contributed by atoms with van der Waals surface area (Å²) < 4.78 is 2.23. The number of aliphatic hydroxyl groups excluding tert-OH is 1. The zero-order chi connectivity index (χ0) is 20.4. The van der Waals surface area contributed by atoms with Gasteiger partial charge in [0.2, 0.25) is 0 Å². The molecule has 0 unspecified atom stereocenters. The molecule has 0 saturated carbocycles. The van der Waals surface area contributed by atoms with E-state index in [1.165, 1.54) is 31.4 Å².